The summed E-state index contributed by atoms with van der Waals surface area (Å²) in [5.74, 6) is 0.199. The SMILES string of the molecule is COc1ccc(/C=N\NC(=O)CCC(=O)Nc2ccc(Br)cc2)cc1. The smallest absolute Gasteiger partial charge is 0.240 e. The molecule has 0 atom stereocenters. The van der Waals surface area contributed by atoms with Crippen molar-refractivity contribution >= 4 is 39.6 Å². The number of hydrogen-bond acceptors (Lipinski definition) is 4. The molecule has 2 rings (SSSR count). The summed E-state index contributed by atoms with van der Waals surface area (Å²) in [5, 5.41) is 6.59. The first kappa shape index (κ1) is 18.7. The number of amides is 2. The van der Waals surface area contributed by atoms with Crippen molar-refractivity contribution in [3.05, 3.63) is 58.6 Å². The fourth-order valence-electron chi connectivity index (χ4n) is 1.91. The van der Waals surface area contributed by atoms with E-state index in [0.29, 0.717) is 5.69 Å². The molecule has 0 bridgehead atoms. The molecule has 0 saturated carbocycles. The van der Waals surface area contributed by atoms with Crippen molar-refractivity contribution in [1.29, 1.82) is 0 Å². The summed E-state index contributed by atoms with van der Waals surface area (Å²) in [7, 11) is 1.59. The summed E-state index contributed by atoms with van der Waals surface area (Å²) >= 11 is 3.32. The van der Waals surface area contributed by atoms with Crippen LogP contribution in [0.25, 0.3) is 0 Å². The molecule has 0 fully saturated rings. The molecule has 7 heteroatoms. The Bertz CT molecular complexity index is 743. The van der Waals surface area contributed by atoms with Crippen molar-refractivity contribution in [3.63, 3.8) is 0 Å². The van der Waals surface area contributed by atoms with Crippen LogP contribution in [0.2, 0.25) is 0 Å². The number of anilines is 1. The van der Waals surface area contributed by atoms with Crippen molar-refractivity contribution in [1.82, 2.24) is 5.43 Å². The maximum Gasteiger partial charge on any atom is 0.240 e. The summed E-state index contributed by atoms with van der Waals surface area (Å²) < 4.78 is 5.99. The molecule has 2 amide bonds. The third-order valence-corrected chi connectivity index (χ3v) is 3.75. The van der Waals surface area contributed by atoms with Crippen molar-refractivity contribution < 1.29 is 14.3 Å². The van der Waals surface area contributed by atoms with E-state index in [1.807, 2.05) is 24.3 Å². The van der Waals surface area contributed by atoms with Crippen molar-refractivity contribution in [2.45, 2.75) is 12.8 Å². The number of benzene rings is 2. The third kappa shape index (κ3) is 6.76. The molecule has 0 aliphatic heterocycles. The summed E-state index contributed by atoms with van der Waals surface area (Å²) in [6.07, 6.45) is 1.67. The van der Waals surface area contributed by atoms with Crippen LogP contribution in [0.15, 0.2) is 58.1 Å². The molecule has 0 aromatic heterocycles. The van der Waals surface area contributed by atoms with E-state index in [4.69, 9.17) is 4.74 Å². The first-order chi connectivity index (χ1) is 12.1. The highest BCUT2D eigenvalue weighted by atomic mass is 79.9. The van der Waals surface area contributed by atoms with Gasteiger partial charge in [-0.3, -0.25) is 9.59 Å². The molecule has 0 aliphatic rings. The number of methoxy groups -OCH3 is 1. The van der Waals surface area contributed by atoms with Crippen LogP contribution in [0, 0.1) is 0 Å². The Kier molecular flexibility index (Phi) is 7.16. The lowest BCUT2D eigenvalue weighted by Crippen LogP contribution is -2.20. The normalized spacial score (nSPS) is 10.5. The molecule has 2 aromatic carbocycles. The van der Waals surface area contributed by atoms with Crippen LogP contribution >= 0.6 is 15.9 Å². The highest BCUT2D eigenvalue weighted by Gasteiger charge is 2.06. The lowest BCUT2D eigenvalue weighted by atomic mass is 10.2. The molecule has 0 radical (unpaired) electrons. The van der Waals surface area contributed by atoms with E-state index in [0.717, 1.165) is 15.8 Å². The zero-order valence-electron chi connectivity index (χ0n) is 13.7. The molecule has 0 aliphatic carbocycles. The third-order valence-electron chi connectivity index (χ3n) is 3.23. The molecule has 0 saturated heterocycles. The van der Waals surface area contributed by atoms with Gasteiger partial charge >= 0.3 is 0 Å². The van der Waals surface area contributed by atoms with E-state index in [9.17, 15) is 9.59 Å². The number of ether oxygens (including phenoxy) is 1. The first-order valence-corrected chi connectivity index (χ1v) is 8.37. The standard InChI is InChI=1S/C18H18BrN3O3/c1-25-16-8-2-13(3-9-16)12-20-22-18(24)11-10-17(23)21-15-6-4-14(19)5-7-15/h2-9,12H,10-11H2,1H3,(H,21,23)(H,22,24)/b20-12-. The summed E-state index contributed by atoms with van der Waals surface area (Å²) in [6.45, 7) is 0. The van der Waals surface area contributed by atoms with Gasteiger partial charge in [0.2, 0.25) is 11.8 Å². The van der Waals surface area contributed by atoms with Gasteiger partial charge in [0.15, 0.2) is 0 Å². The Morgan fingerprint density at radius 2 is 1.68 bits per heavy atom. The zero-order valence-corrected chi connectivity index (χ0v) is 15.2. The van der Waals surface area contributed by atoms with Crippen LogP contribution in [0.1, 0.15) is 18.4 Å². The lowest BCUT2D eigenvalue weighted by Gasteiger charge is -2.05. The minimum absolute atomic E-state index is 0.0579. The van der Waals surface area contributed by atoms with Crippen LogP contribution in [-0.4, -0.2) is 25.1 Å². The second kappa shape index (κ2) is 9.58. The molecule has 6 nitrogen and oxygen atoms in total. The maximum absolute atomic E-state index is 11.8. The van der Waals surface area contributed by atoms with Crippen LogP contribution in [0.5, 0.6) is 5.75 Å². The number of carbonyl (C=O) groups is 2. The molecular formula is C18H18BrN3O3. The molecule has 25 heavy (non-hydrogen) atoms. The van der Waals surface area contributed by atoms with Crippen LogP contribution in [0.3, 0.4) is 0 Å². The van der Waals surface area contributed by atoms with Gasteiger partial charge in [-0.1, -0.05) is 15.9 Å². The Labute approximate surface area is 154 Å². The first-order valence-electron chi connectivity index (χ1n) is 7.58. The van der Waals surface area contributed by atoms with Gasteiger partial charge in [-0.05, 0) is 54.1 Å². The van der Waals surface area contributed by atoms with Gasteiger partial charge in [0.1, 0.15) is 5.75 Å². The second-order valence-corrected chi connectivity index (χ2v) is 6.04. The maximum atomic E-state index is 11.8. The number of carbonyl (C=O) groups excluding carboxylic acids is 2. The highest BCUT2D eigenvalue weighted by molar-refractivity contribution is 9.10. The van der Waals surface area contributed by atoms with Gasteiger partial charge in [0.25, 0.3) is 0 Å². The van der Waals surface area contributed by atoms with E-state index >= 15 is 0 Å². The van der Waals surface area contributed by atoms with Crippen molar-refractivity contribution in [2.24, 2.45) is 5.10 Å². The van der Waals surface area contributed by atoms with Crippen molar-refractivity contribution in [3.8, 4) is 5.75 Å². The summed E-state index contributed by atoms with van der Waals surface area (Å²) in [4.78, 5) is 23.5. The van der Waals surface area contributed by atoms with E-state index in [2.05, 4.69) is 31.8 Å². The fraction of sp³-hybridized carbons (Fsp3) is 0.167. The zero-order chi connectivity index (χ0) is 18.1. The number of hydrogen-bond donors (Lipinski definition) is 2. The monoisotopic (exact) mass is 403 g/mol. The molecule has 0 heterocycles. The lowest BCUT2D eigenvalue weighted by molar-refractivity contribution is -0.124. The van der Waals surface area contributed by atoms with Gasteiger partial charge in [0, 0.05) is 23.0 Å². The van der Waals surface area contributed by atoms with E-state index in [1.165, 1.54) is 6.21 Å². The molecule has 2 N–H and O–H groups in total. The molecule has 0 spiro atoms. The summed E-state index contributed by atoms with van der Waals surface area (Å²) in [5.41, 5.74) is 3.91. The van der Waals surface area contributed by atoms with E-state index in [1.54, 1.807) is 31.4 Å². The largest absolute Gasteiger partial charge is 0.497 e. The predicted octanol–water partition coefficient (Wildman–Crippen LogP) is 3.33. The van der Waals surface area contributed by atoms with Gasteiger partial charge in [-0.2, -0.15) is 5.10 Å². The number of nitrogens with one attached hydrogen (secondary N) is 2. The Hall–Kier alpha value is -2.67. The van der Waals surface area contributed by atoms with Gasteiger partial charge in [0.05, 0.1) is 13.3 Å². The molecule has 130 valence electrons. The Morgan fingerprint density at radius 3 is 2.32 bits per heavy atom. The van der Waals surface area contributed by atoms with Gasteiger partial charge in [-0.15, -0.1) is 0 Å². The number of hydrazone groups is 1. The molecule has 2 aromatic rings. The molecule has 0 unspecified atom stereocenters. The van der Waals surface area contributed by atoms with Crippen LogP contribution in [-0.2, 0) is 9.59 Å². The highest BCUT2D eigenvalue weighted by Crippen LogP contribution is 2.14. The van der Waals surface area contributed by atoms with E-state index in [-0.39, 0.29) is 24.7 Å². The second-order valence-electron chi connectivity index (χ2n) is 5.12. The quantitative estimate of drug-likeness (QED) is 0.549. The Balaban J connectivity index is 1.71. The minimum atomic E-state index is -0.323. The van der Waals surface area contributed by atoms with Gasteiger partial charge in [-0.25, -0.2) is 5.43 Å². The topological polar surface area (TPSA) is 79.8 Å². The van der Waals surface area contributed by atoms with Gasteiger partial charge < -0.3 is 10.1 Å². The van der Waals surface area contributed by atoms with Crippen molar-refractivity contribution in [2.75, 3.05) is 12.4 Å². The van der Waals surface area contributed by atoms with E-state index < -0.39 is 0 Å². The number of nitrogens with zero attached hydrogens (tertiary/aromatic N) is 1. The Morgan fingerprint density at radius 1 is 1.04 bits per heavy atom. The minimum Gasteiger partial charge on any atom is -0.497 e. The number of rotatable bonds is 7. The predicted molar refractivity (Wildman–Crippen MR) is 101 cm³/mol. The average Bonchev–Trinajstić information content (AvgIpc) is 2.62. The van der Waals surface area contributed by atoms with Crippen LogP contribution < -0.4 is 15.5 Å². The fourth-order valence-corrected chi connectivity index (χ4v) is 2.17. The average molecular weight is 404 g/mol. The van der Waals surface area contributed by atoms with Crippen LogP contribution in [0.4, 0.5) is 5.69 Å². The molecular weight excluding hydrogens is 386 g/mol. The summed E-state index contributed by atoms with van der Waals surface area (Å²) in [6, 6.07) is 14.5. The number of halogens is 1.